The highest BCUT2D eigenvalue weighted by atomic mass is 35.5. The Labute approximate surface area is 387 Å². The summed E-state index contributed by atoms with van der Waals surface area (Å²) in [5, 5.41) is 9.25. The van der Waals surface area contributed by atoms with Crippen molar-refractivity contribution in [1.82, 2.24) is 35.0 Å². The molecular formula is C48H57ClFN9O7. The maximum Gasteiger partial charge on any atom is 0.293 e. The Kier molecular flexibility index (Phi) is 12.6. The van der Waals surface area contributed by atoms with Crippen molar-refractivity contribution >= 4 is 63.6 Å². The third-order valence-corrected chi connectivity index (χ3v) is 14.4. The number of imide groups is 1. The van der Waals surface area contributed by atoms with Crippen LogP contribution in [0.5, 0.6) is 5.75 Å². The second-order valence-electron chi connectivity index (χ2n) is 19.3. The van der Waals surface area contributed by atoms with Crippen LogP contribution in [-0.2, 0) is 25.7 Å². The molecule has 1 unspecified atom stereocenters. The highest BCUT2D eigenvalue weighted by molar-refractivity contribution is 6.33. The minimum Gasteiger partial charge on any atom is -0.478 e. The van der Waals surface area contributed by atoms with Gasteiger partial charge in [-0.05, 0) is 106 Å². The first-order valence-corrected chi connectivity index (χ1v) is 23.4. The normalized spacial score (nSPS) is 23.5. The SMILES string of the molecule is CNC(=O)COc1cc2cc(Nc3nc(N4CCC(OC5CC(N6CC[C@H](c7ccc8c(c7F)CN(C7CCC(=O)NC7=O)C8=O)C(C)(C)C6)C5)CC4)ncc3Cl)ccc2n(C(C)C)c1=O. The lowest BCUT2D eigenvalue weighted by Crippen LogP contribution is -2.55. The Hall–Kier alpha value is -5.65. The van der Waals surface area contributed by atoms with Gasteiger partial charge in [-0.3, -0.25) is 34.2 Å². The number of hydrogen-bond acceptors (Lipinski definition) is 12. The summed E-state index contributed by atoms with van der Waals surface area (Å²) in [7, 11) is 1.51. The first kappa shape index (κ1) is 45.5. The van der Waals surface area contributed by atoms with Crippen LogP contribution in [-0.4, -0.2) is 112 Å². The molecule has 3 N–H and O–H groups in total. The van der Waals surface area contributed by atoms with Crippen LogP contribution in [0.2, 0.25) is 5.02 Å². The summed E-state index contributed by atoms with van der Waals surface area (Å²) in [6.07, 6.45) is 6.68. The minimum atomic E-state index is -0.782. The fourth-order valence-corrected chi connectivity index (χ4v) is 10.7. The molecule has 5 aliphatic rings. The topological polar surface area (TPSA) is 180 Å². The van der Waals surface area contributed by atoms with Gasteiger partial charge in [-0.25, -0.2) is 9.37 Å². The summed E-state index contributed by atoms with van der Waals surface area (Å²) in [4.78, 5) is 78.1. The maximum absolute atomic E-state index is 16.3. The van der Waals surface area contributed by atoms with Crippen molar-refractivity contribution in [2.75, 3.05) is 50.1 Å². The van der Waals surface area contributed by atoms with Crippen LogP contribution in [0.1, 0.15) is 106 Å². The van der Waals surface area contributed by atoms with Gasteiger partial charge in [-0.15, -0.1) is 0 Å². The van der Waals surface area contributed by atoms with Crippen molar-refractivity contribution < 1.29 is 33.0 Å². The molecule has 18 heteroatoms. The van der Waals surface area contributed by atoms with E-state index >= 15 is 4.39 Å². The summed E-state index contributed by atoms with van der Waals surface area (Å²) in [5.41, 5.74) is 2.16. The van der Waals surface area contributed by atoms with Crippen molar-refractivity contribution in [3.8, 4) is 5.75 Å². The van der Waals surface area contributed by atoms with Crippen LogP contribution in [0.15, 0.2) is 47.4 Å². The summed E-state index contributed by atoms with van der Waals surface area (Å²) < 4.78 is 30.2. The van der Waals surface area contributed by atoms with Gasteiger partial charge in [-0.1, -0.05) is 31.5 Å². The van der Waals surface area contributed by atoms with Gasteiger partial charge in [-0.2, -0.15) is 4.98 Å². The standard InChI is InChI=1S/C48H57ClFN9O7/c1-26(2)59-37-9-6-28(18-27(37)19-39(46(59)64)65-24-41(61)51-5)53-43-36(49)22-52-47(55-43)56-15-12-30(13-16-56)66-31-20-29(21-31)57-17-14-35(48(3,4)25-57)33-8-7-32-34(42(33)50)23-58(45(32)63)38-10-11-40(60)54-44(38)62/h6-9,18-19,22,26,29-31,35,38H,10-17,20-21,23-25H2,1-5H3,(H,51,61)(H,52,53,55)(H,54,60,62)/t29?,31?,35-,38?/m1/s1. The number of pyridine rings is 1. The van der Waals surface area contributed by atoms with E-state index in [0.29, 0.717) is 45.2 Å². The van der Waals surface area contributed by atoms with E-state index in [1.165, 1.54) is 11.9 Å². The van der Waals surface area contributed by atoms with E-state index in [9.17, 15) is 24.0 Å². The number of ether oxygens (including phenoxy) is 2. The predicted molar refractivity (Wildman–Crippen MR) is 247 cm³/mol. The van der Waals surface area contributed by atoms with Gasteiger partial charge in [0.15, 0.2) is 18.2 Å². The molecule has 0 spiro atoms. The van der Waals surface area contributed by atoms with Crippen LogP contribution in [0.3, 0.4) is 0 Å². The number of likely N-dealkylation sites (tertiary alicyclic amines) is 1. The Morgan fingerprint density at radius 1 is 1.02 bits per heavy atom. The number of aromatic nitrogens is 3. The molecule has 9 rings (SSSR count). The number of nitrogens with zero attached hydrogens (tertiary/aromatic N) is 6. The summed E-state index contributed by atoms with van der Waals surface area (Å²) in [6.45, 7) is 11.1. The van der Waals surface area contributed by atoms with Crippen molar-refractivity contribution in [2.24, 2.45) is 5.41 Å². The molecule has 3 saturated heterocycles. The Bertz CT molecular complexity index is 2640. The molecule has 4 fully saturated rings. The zero-order valence-corrected chi connectivity index (χ0v) is 38.8. The van der Waals surface area contributed by atoms with Crippen LogP contribution in [0.4, 0.5) is 21.8 Å². The van der Waals surface area contributed by atoms with Gasteiger partial charge in [0.1, 0.15) is 16.9 Å². The van der Waals surface area contributed by atoms with E-state index in [-0.39, 0.29) is 90.4 Å². The summed E-state index contributed by atoms with van der Waals surface area (Å²) in [5.74, 6) is -0.846. The first-order chi connectivity index (χ1) is 31.6. The molecule has 350 valence electrons. The molecule has 6 heterocycles. The molecule has 0 bridgehead atoms. The van der Waals surface area contributed by atoms with E-state index in [0.717, 1.165) is 69.2 Å². The number of carbonyl (C=O) groups excluding carboxylic acids is 4. The molecule has 4 aliphatic heterocycles. The van der Waals surface area contributed by atoms with E-state index in [1.54, 1.807) is 29.0 Å². The fourth-order valence-electron chi connectivity index (χ4n) is 10.6. The highest BCUT2D eigenvalue weighted by Crippen LogP contribution is 2.47. The lowest BCUT2D eigenvalue weighted by molar-refractivity contribution is -0.137. The average Bonchev–Trinajstić information content (AvgIpc) is 3.60. The second kappa shape index (κ2) is 18.2. The van der Waals surface area contributed by atoms with Crippen molar-refractivity contribution in [3.63, 3.8) is 0 Å². The predicted octanol–water partition coefficient (Wildman–Crippen LogP) is 5.83. The number of anilines is 3. The van der Waals surface area contributed by atoms with Crippen molar-refractivity contribution in [2.45, 2.75) is 115 Å². The number of rotatable bonds is 12. The molecule has 4 aromatic rings. The summed E-state index contributed by atoms with van der Waals surface area (Å²) in [6, 6.07) is 10.2. The second-order valence-corrected chi connectivity index (χ2v) is 19.7. The quantitative estimate of drug-likeness (QED) is 0.145. The Balaban J connectivity index is 0.767. The zero-order valence-electron chi connectivity index (χ0n) is 38.0. The van der Waals surface area contributed by atoms with E-state index in [1.807, 2.05) is 32.0 Å². The maximum atomic E-state index is 16.3. The van der Waals surface area contributed by atoms with Crippen molar-refractivity contribution in [3.05, 3.63) is 80.5 Å². The number of piperidine rings is 3. The lowest BCUT2D eigenvalue weighted by Gasteiger charge is -2.51. The minimum absolute atomic E-state index is 0.0245. The molecule has 16 nitrogen and oxygen atoms in total. The number of fused-ring (bicyclic) bond motifs is 2. The third kappa shape index (κ3) is 8.84. The lowest BCUT2D eigenvalue weighted by atomic mass is 9.69. The Morgan fingerprint density at radius 2 is 1.79 bits per heavy atom. The summed E-state index contributed by atoms with van der Waals surface area (Å²) >= 11 is 6.61. The number of halogens is 2. The molecule has 66 heavy (non-hydrogen) atoms. The third-order valence-electron chi connectivity index (χ3n) is 14.2. The molecule has 1 aliphatic carbocycles. The highest BCUT2D eigenvalue weighted by Gasteiger charge is 2.46. The Morgan fingerprint density at radius 3 is 2.50 bits per heavy atom. The van der Waals surface area contributed by atoms with Crippen LogP contribution < -0.4 is 31.1 Å². The fraction of sp³-hybridized carbons (Fsp3) is 0.521. The van der Waals surface area contributed by atoms with Gasteiger partial charge in [0.05, 0.1) is 30.5 Å². The van der Waals surface area contributed by atoms with E-state index in [2.05, 4.69) is 44.6 Å². The van der Waals surface area contributed by atoms with Crippen molar-refractivity contribution in [1.29, 1.82) is 0 Å². The molecule has 4 amide bonds. The van der Waals surface area contributed by atoms with Gasteiger partial charge in [0.25, 0.3) is 17.4 Å². The van der Waals surface area contributed by atoms with E-state index in [4.69, 9.17) is 26.1 Å². The van der Waals surface area contributed by atoms with Gasteiger partial charge in [0.2, 0.25) is 17.8 Å². The number of benzene rings is 2. The molecule has 1 saturated carbocycles. The monoisotopic (exact) mass is 925 g/mol. The van der Waals surface area contributed by atoms with Crippen LogP contribution >= 0.6 is 11.6 Å². The molecule has 2 aromatic heterocycles. The number of hydrogen-bond donors (Lipinski definition) is 3. The number of amides is 4. The van der Waals surface area contributed by atoms with Gasteiger partial charge < -0.3 is 34.5 Å². The molecule has 2 atom stereocenters. The first-order valence-electron chi connectivity index (χ1n) is 23.0. The molecular weight excluding hydrogens is 869 g/mol. The van der Waals surface area contributed by atoms with Gasteiger partial charge in [0, 0.05) is 67.4 Å². The van der Waals surface area contributed by atoms with Gasteiger partial charge >= 0.3 is 0 Å². The van der Waals surface area contributed by atoms with E-state index < -0.39 is 11.9 Å². The van der Waals surface area contributed by atoms with Crippen LogP contribution in [0.25, 0.3) is 10.9 Å². The smallest absolute Gasteiger partial charge is 0.293 e. The zero-order chi connectivity index (χ0) is 46.6. The largest absolute Gasteiger partial charge is 0.478 e. The number of carbonyl (C=O) groups is 4. The number of nitrogens with one attached hydrogen (secondary N) is 3. The average molecular weight is 926 g/mol. The number of likely N-dealkylation sites (N-methyl/N-ethyl adjacent to an activating group) is 1. The van der Waals surface area contributed by atoms with Crippen LogP contribution in [0, 0.1) is 11.2 Å². The molecule has 2 aromatic carbocycles. The molecule has 0 radical (unpaired) electrons.